The number of fused-ring (bicyclic) bond motifs is 3. The predicted molar refractivity (Wildman–Crippen MR) is 121 cm³/mol. The van der Waals surface area contributed by atoms with Crippen molar-refractivity contribution >= 4 is 37.8 Å². The van der Waals surface area contributed by atoms with Gasteiger partial charge >= 0.3 is 6.16 Å². The van der Waals surface area contributed by atoms with Crippen LogP contribution in [0, 0.1) is 0 Å². The predicted octanol–water partition coefficient (Wildman–Crippen LogP) is 3.19. The molecule has 10 heteroatoms. The second kappa shape index (κ2) is 8.59. The molecule has 1 aromatic carbocycles. The first-order valence-electron chi connectivity index (χ1n) is 10.6. The summed E-state index contributed by atoms with van der Waals surface area (Å²) in [6.07, 6.45) is 3.17. The number of carbonyl (C=O) groups is 1. The Balaban J connectivity index is 1.78. The zero-order valence-electron chi connectivity index (χ0n) is 18.3. The molecular formula is C22H27N3O6S. The molecule has 0 amide bonds. The summed E-state index contributed by atoms with van der Waals surface area (Å²) in [4.78, 5) is 32.2. The van der Waals surface area contributed by atoms with Crippen LogP contribution in [0.3, 0.4) is 0 Å². The Hall–Kier alpha value is -2.85. The number of hydrogen-bond donors (Lipinski definition) is 2. The van der Waals surface area contributed by atoms with Crippen LogP contribution in [0.4, 0.5) is 4.79 Å². The summed E-state index contributed by atoms with van der Waals surface area (Å²) < 4.78 is 37.0. The highest BCUT2D eigenvalue weighted by Gasteiger charge is 2.36. The van der Waals surface area contributed by atoms with Gasteiger partial charge in [-0.3, -0.25) is 4.79 Å². The van der Waals surface area contributed by atoms with Gasteiger partial charge in [-0.15, -0.1) is 0 Å². The van der Waals surface area contributed by atoms with Crippen molar-refractivity contribution in [1.82, 2.24) is 14.9 Å². The molecule has 1 aliphatic rings. The zero-order valence-corrected chi connectivity index (χ0v) is 19.1. The molecule has 0 radical (unpaired) electrons. The molecule has 1 aliphatic carbocycles. The van der Waals surface area contributed by atoms with Gasteiger partial charge in [0.1, 0.15) is 5.52 Å². The van der Waals surface area contributed by atoms with Gasteiger partial charge in [-0.25, -0.2) is 13.2 Å². The second-order valence-corrected chi connectivity index (χ2v) is 10.6. The minimum absolute atomic E-state index is 0.111. The number of carbonyl (C=O) groups excluding carboxylic acids is 1. The van der Waals surface area contributed by atoms with Crippen LogP contribution in [-0.4, -0.2) is 61.4 Å². The number of ether oxygens (including phenoxy) is 2. The maximum Gasteiger partial charge on any atom is 0.513 e. The Morgan fingerprint density at radius 1 is 1.25 bits per heavy atom. The third-order valence-corrected chi connectivity index (χ3v) is 8.27. The third-order valence-electron chi connectivity index (χ3n) is 6.05. The summed E-state index contributed by atoms with van der Waals surface area (Å²) in [6, 6.07) is 4.88. The van der Waals surface area contributed by atoms with Crippen molar-refractivity contribution in [3.05, 3.63) is 34.7 Å². The first-order chi connectivity index (χ1) is 15.2. The van der Waals surface area contributed by atoms with E-state index in [-0.39, 0.29) is 28.8 Å². The first-order valence-corrected chi connectivity index (χ1v) is 12.2. The van der Waals surface area contributed by atoms with Crippen LogP contribution in [0.5, 0.6) is 5.75 Å². The number of aromatic nitrogens is 2. The fraction of sp³-hybridized carbons (Fsp3) is 0.455. The van der Waals surface area contributed by atoms with Gasteiger partial charge in [-0.1, -0.05) is 6.92 Å². The third kappa shape index (κ3) is 4.00. The lowest BCUT2D eigenvalue weighted by Crippen LogP contribution is -2.27. The first kappa shape index (κ1) is 22.3. The molecule has 1 unspecified atom stereocenters. The lowest BCUT2D eigenvalue weighted by Gasteiger charge is -2.19. The number of pyridine rings is 1. The molecule has 3 aromatic rings. The van der Waals surface area contributed by atoms with E-state index >= 15 is 0 Å². The monoisotopic (exact) mass is 461 g/mol. The van der Waals surface area contributed by atoms with Crippen LogP contribution in [0.1, 0.15) is 32.6 Å². The molecule has 172 valence electrons. The summed E-state index contributed by atoms with van der Waals surface area (Å²) >= 11 is 0. The van der Waals surface area contributed by atoms with Crippen molar-refractivity contribution < 1.29 is 22.7 Å². The molecule has 4 rings (SSSR count). The van der Waals surface area contributed by atoms with Gasteiger partial charge in [-0.05, 0) is 58.0 Å². The molecule has 2 aromatic heterocycles. The van der Waals surface area contributed by atoms with E-state index in [0.29, 0.717) is 35.6 Å². The largest absolute Gasteiger partial charge is 0.513 e. The average molecular weight is 462 g/mol. The van der Waals surface area contributed by atoms with E-state index in [2.05, 4.69) is 14.9 Å². The molecule has 1 saturated carbocycles. The minimum atomic E-state index is -3.57. The Labute approximate surface area is 185 Å². The van der Waals surface area contributed by atoms with Gasteiger partial charge in [0, 0.05) is 23.1 Å². The lowest BCUT2D eigenvalue weighted by molar-refractivity contribution is 0.0997. The van der Waals surface area contributed by atoms with Gasteiger partial charge in [0.2, 0.25) is 0 Å². The van der Waals surface area contributed by atoms with Crippen molar-refractivity contribution in [2.45, 2.75) is 48.8 Å². The Kier molecular flexibility index (Phi) is 6.00. The van der Waals surface area contributed by atoms with Crippen molar-refractivity contribution in [3.63, 3.8) is 0 Å². The molecule has 0 bridgehead atoms. The van der Waals surface area contributed by atoms with Gasteiger partial charge < -0.3 is 24.3 Å². The maximum atomic E-state index is 13.4. The highest BCUT2D eigenvalue weighted by Crippen LogP contribution is 2.35. The number of nitrogens with zero attached hydrogens (tertiary/aromatic N) is 1. The molecule has 0 saturated heterocycles. The standard InChI is InChI=1S/C22H27N3O6S/c1-4-9-30-22(27)31-18-12-23-20-19(18)16-11-15(7-8-17(16)24-21(20)26)32(28,29)14-6-5-13(10-14)25(2)3/h7-8,11-14,23H,4-6,9-10H2,1-3H3,(H,24,26)/t13?,14-/m0/s1. The van der Waals surface area contributed by atoms with Gasteiger partial charge in [0.25, 0.3) is 5.56 Å². The molecule has 2 heterocycles. The van der Waals surface area contributed by atoms with Crippen LogP contribution < -0.4 is 10.3 Å². The smallest absolute Gasteiger partial charge is 0.434 e. The van der Waals surface area contributed by atoms with Gasteiger partial charge in [0.05, 0.1) is 22.1 Å². The van der Waals surface area contributed by atoms with Crippen LogP contribution in [0.15, 0.2) is 34.1 Å². The van der Waals surface area contributed by atoms with Crippen LogP contribution in [0.25, 0.3) is 21.8 Å². The number of sulfone groups is 1. The van der Waals surface area contributed by atoms with Crippen LogP contribution in [0.2, 0.25) is 0 Å². The van der Waals surface area contributed by atoms with E-state index < -0.39 is 26.8 Å². The van der Waals surface area contributed by atoms with Crippen molar-refractivity contribution in [2.75, 3.05) is 20.7 Å². The summed E-state index contributed by atoms with van der Waals surface area (Å²) in [7, 11) is 0.352. The Morgan fingerprint density at radius 2 is 2.03 bits per heavy atom. The zero-order chi connectivity index (χ0) is 23.0. The van der Waals surface area contributed by atoms with E-state index in [1.807, 2.05) is 21.0 Å². The summed E-state index contributed by atoms with van der Waals surface area (Å²) in [5.41, 5.74) is 0.244. The number of nitrogens with one attached hydrogen (secondary N) is 2. The minimum Gasteiger partial charge on any atom is -0.434 e. The molecule has 9 nitrogen and oxygen atoms in total. The summed E-state index contributed by atoms with van der Waals surface area (Å²) in [5.74, 6) is 0.111. The Bertz CT molecular complexity index is 1320. The van der Waals surface area contributed by atoms with E-state index in [1.54, 1.807) is 12.1 Å². The lowest BCUT2D eigenvalue weighted by atomic mass is 10.1. The average Bonchev–Trinajstić information content (AvgIpc) is 3.41. The fourth-order valence-electron chi connectivity index (χ4n) is 4.30. The quantitative estimate of drug-likeness (QED) is 0.541. The fourth-order valence-corrected chi connectivity index (χ4v) is 6.15. The van der Waals surface area contributed by atoms with E-state index in [9.17, 15) is 18.0 Å². The molecular weight excluding hydrogens is 434 g/mol. The molecule has 2 atom stereocenters. The van der Waals surface area contributed by atoms with Crippen LogP contribution >= 0.6 is 0 Å². The number of hydrogen-bond acceptors (Lipinski definition) is 7. The number of H-pyrrole nitrogens is 2. The Morgan fingerprint density at radius 3 is 2.72 bits per heavy atom. The van der Waals surface area contributed by atoms with Gasteiger partial charge in [-0.2, -0.15) is 0 Å². The second-order valence-electron chi connectivity index (χ2n) is 8.36. The molecule has 32 heavy (non-hydrogen) atoms. The van der Waals surface area contributed by atoms with E-state index in [0.717, 1.165) is 6.42 Å². The van der Waals surface area contributed by atoms with Crippen molar-refractivity contribution in [3.8, 4) is 5.75 Å². The highest BCUT2D eigenvalue weighted by molar-refractivity contribution is 7.92. The molecule has 2 N–H and O–H groups in total. The molecule has 1 fully saturated rings. The number of rotatable bonds is 6. The number of aromatic amines is 2. The van der Waals surface area contributed by atoms with Crippen molar-refractivity contribution in [2.24, 2.45) is 0 Å². The molecule has 0 spiro atoms. The number of benzene rings is 1. The topological polar surface area (TPSA) is 122 Å². The van der Waals surface area contributed by atoms with Crippen molar-refractivity contribution in [1.29, 1.82) is 0 Å². The summed E-state index contributed by atoms with van der Waals surface area (Å²) in [5, 5.41) is 0.353. The summed E-state index contributed by atoms with van der Waals surface area (Å²) in [6.45, 7) is 2.07. The van der Waals surface area contributed by atoms with Crippen LogP contribution in [-0.2, 0) is 14.6 Å². The van der Waals surface area contributed by atoms with E-state index in [4.69, 9.17) is 9.47 Å². The normalized spacial score (nSPS) is 19.1. The highest BCUT2D eigenvalue weighted by atomic mass is 32.2. The SMILES string of the molecule is CCCOC(=O)Oc1c[nH]c2c(=O)[nH]c3ccc(S(=O)(=O)[C@H]4CCC(N(C)C)C4)cc3c12. The van der Waals surface area contributed by atoms with Gasteiger partial charge in [0.15, 0.2) is 15.6 Å². The maximum absolute atomic E-state index is 13.4. The molecule has 0 aliphatic heterocycles. The van der Waals surface area contributed by atoms with E-state index in [1.165, 1.54) is 12.3 Å².